The molecule has 7 aromatic rings. The summed E-state index contributed by atoms with van der Waals surface area (Å²) in [7, 11) is 2.21. The van der Waals surface area contributed by atoms with Crippen LogP contribution in [0.25, 0.3) is 33.5 Å². The molecular formula is C46H39N3. The molecule has 0 spiro atoms. The van der Waals surface area contributed by atoms with E-state index in [1.165, 1.54) is 44.5 Å². The van der Waals surface area contributed by atoms with Crippen LogP contribution in [-0.2, 0) is 5.41 Å². The molecular weight excluding hydrogens is 595 g/mol. The lowest BCUT2D eigenvalue weighted by atomic mass is 9.65. The molecule has 0 unspecified atom stereocenters. The zero-order valence-corrected chi connectivity index (χ0v) is 28.7. The summed E-state index contributed by atoms with van der Waals surface area (Å²) in [5.74, 6) is 0. The average Bonchev–Trinajstić information content (AvgIpc) is 3.13. The van der Waals surface area contributed by atoms with Crippen LogP contribution in [0, 0.1) is 27.7 Å². The Hall–Kier alpha value is -5.80. The minimum absolute atomic E-state index is 0.776. The van der Waals surface area contributed by atoms with Crippen LogP contribution in [0.3, 0.4) is 0 Å². The fourth-order valence-electron chi connectivity index (χ4n) is 8.06. The Balaban J connectivity index is 1.48. The average molecular weight is 634 g/mol. The summed E-state index contributed by atoms with van der Waals surface area (Å²) in [4.78, 5) is 13.0. The SMILES string of the molecule is Cc1cccc(C)c1-c1ccc2c(c1)N(C)c1cc(-c3c(C)cccc3C)ccc1C2(c1ccccn1)c1cccc(-c2ccccc2)n1. The molecule has 0 aliphatic carbocycles. The number of fused-ring (bicyclic) bond motifs is 2. The highest BCUT2D eigenvalue weighted by molar-refractivity contribution is 5.88. The third kappa shape index (κ3) is 4.88. The summed E-state index contributed by atoms with van der Waals surface area (Å²) in [6.07, 6.45) is 1.91. The Labute approximate surface area is 289 Å². The van der Waals surface area contributed by atoms with Gasteiger partial charge in [0.25, 0.3) is 0 Å². The molecule has 0 bridgehead atoms. The maximum Gasteiger partial charge on any atom is 0.108 e. The lowest BCUT2D eigenvalue weighted by molar-refractivity contribution is 0.676. The number of anilines is 2. The molecule has 238 valence electrons. The molecule has 0 radical (unpaired) electrons. The highest BCUT2D eigenvalue weighted by Gasteiger charge is 2.48. The van der Waals surface area contributed by atoms with Crippen LogP contribution in [0.1, 0.15) is 44.8 Å². The van der Waals surface area contributed by atoms with E-state index in [1.54, 1.807) is 0 Å². The van der Waals surface area contributed by atoms with Crippen LogP contribution in [0.2, 0.25) is 0 Å². The van der Waals surface area contributed by atoms with Gasteiger partial charge in [0.1, 0.15) is 5.41 Å². The van der Waals surface area contributed by atoms with Crippen LogP contribution in [0.15, 0.2) is 146 Å². The van der Waals surface area contributed by atoms with Crippen molar-refractivity contribution in [3.63, 3.8) is 0 Å². The molecule has 0 saturated carbocycles. The van der Waals surface area contributed by atoms with Gasteiger partial charge < -0.3 is 4.90 Å². The second-order valence-electron chi connectivity index (χ2n) is 13.3. The van der Waals surface area contributed by atoms with E-state index >= 15 is 0 Å². The van der Waals surface area contributed by atoms with Gasteiger partial charge in [-0.15, -0.1) is 0 Å². The molecule has 3 heterocycles. The summed E-state index contributed by atoms with van der Waals surface area (Å²) in [5.41, 5.74) is 17.8. The molecule has 0 N–H and O–H groups in total. The molecule has 0 saturated heterocycles. The Kier molecular flexibility index (Phi) is 7.49. The van der Waals surface area contributed by atoms with Crippen LogP contribution < -0.4 is 4.90 Å². The van der Waals surface area contributed by atoms with Crippen LogP contribution in [-0.4, -0.2) is 17.0 Å². The van der Waals surface area contributed by atoms with Crippen molar-refractivity contribution >= 4 is 11.4 Å². The van der Waals surface area contributed by atoms with Crippen molar-refractivity contribution in [3.8, 4) is 33.5 Å². The van der Waals surface area contributed by atoms with E-state index in [1.807, 2.05) is 18.3 Å². The van der Waals surface area contributed by atoms with E-state index in [2.05, 4.69) is 167 Å². The summed E-state index contributed by atoms with van der Waals surface area (Å²) in [6, 6.07) is 50.2. The Morgan fingerprint density at radius 1 is 0.469 bits per heavy atom. The molecule has 0 atom stereocenters. The lowest BCUT2D eigenvalue weighted by Crippen LogP contribution is -2.39. The van der Waals surface area contributed by atoms with E-state index in [9.17, 15) is 0 Å². The highest BCUT2D eigenvalue weighted by Crippen LogP contribution is 2.56. The quantitative estimate of drug-likeness (QED) is 0.189. The minimum atomic E-state index is -0.776. The van der Waals surface area contributed by atoms with E-state index in [4.69, 9.17) is 9.97 Å². The second-order valence-corrected chi connectivity index (χ2v) is 13.3. The molecule has 8 rings (SSSR count). The second kappa shape index (κ2) is 12.0. The van der Waals surface area contributed by atoms with Gasteiger partial charge in [-0.3, -0.25) is 9.97 Å². The smallest absolute Gasteiger partial charge is 0.108 e. The number of aromatic nitrogens is 2. The summed E-state index contributed by atoms with van der Waals surface area (Å²) >= 11 is 0. The first-order valence-electron chi connectivity index (χ1n) is 17.0. The van der Waals surface area contributed by atoms with Gasteiger partial charge in [-0.05, 0) is 120 Å². The zero-order chi connectivity index (χ0) is 33.7. The predicted molar refractivity (Wildman–Crippen MR) is 204 cm³/mol. The van der Waals surface area contributed by atoms with Gasteiger partial charge in [0.2, 0.25) is 0 Å². The van der Waals surface area contributed by atoms with Gasteiger partial charge in [0.05, 0.1) is 17.1 Å². The molecule has 3 heteroatoms. The normalized spacial score (nSPS) is 13.1. The molecule has 0 amide bonds. The number of hydrogen-bond donors (Lipinski definition) is 0. The van der Waals surface area contributed by atoms with Crippen molar-refractivity contribution in [1.82, 2.24) is 9.97 Å². The number of aryl methyl sites for hydroxylation is 4. The van der Waals surface area contributed by atoms with Gasteiger partial charge in [-0.25, -0.2) is 0 Å². The predicted octanol–water partition coefficient (Wildman–Crippen LogP) is 11.2. The molecule has 3 nitrogen and oxygen atoms in total. The van der Waals surface area contributed by atoms with E-state index < -0.39 is 5.41 Å². The Morgan fingerprint density at radius 3 is 1.51 bits per heavy atom. The van der Waals surface area contributed by atoms with Crippen LogP contribution in [0.5, 0.6) is 0 Å². The van der Waals surface area contributed by atoms with Gasteiger partial charge in [0, 0.05) is 30.2 Å². The van der Waals surface area contributed by atoms with Crippen molar-refractivity contribution in [3.05, 3.63) is 190 Å². The topological polar surface area (TPSA) is 29.0 Å². The molecule has 5 aromatic carbocycles. The van der Waals surface area contributed by atoms with E-state index in [0.29, 0.717) is 0 Å². The number of benzene rings is 5. The molecule has 0 fully saturated rings. The molecule has 1 aliphatic rings. The molecule has 49 heavy (non-hydrogen) atoms. The number of pyridine rings is 2. The maximum absolute atomic E-state index is 5.50. The van der Waals surface area contributed by atoms with Gasteiger partial charge >= 0.3 is 0 Å². The first-order chi connectivity index (χ1) is 23.9. The van der Waals surface area contributed by atoms with Crippen LogP contribution in [0.4, 0.5) is 11.4 Å². The monoisotopic (exact) mass is 633 g/mol. The van der Waals surface area contributed by atoms with Gasteiger partial charge in [0.15, 0.2) is 0 Å². The Morgan fingerprint density at radius 2 is 0.980 bits per heavy atom. The third-order valence-corrected chi connectivity index (χ3v) is 10.3. The number of hydrogen-bond acceptors (Lipinski definition) is 3. The fourth-order valence-corrected chi connectivity index (χ4v) is 8.06. The molecule has 2 aromatic heterocycles. The maximum atomic E-state index is 5.50. The van der Waals surface area contributed by atoms with Crippen molar-refractivity contribution in [2.75, 3.05) is 11.9 Å². The van der Waals surface area contributed by atoms with Crippen molar-refractivity contribution in [2.24, 2.45) is 0 Å². The molecule has 1 aliphatic heterocycles. The Bertz CT molecular complexity index is 2200. The summed E-state index contributed by atoms with van der Waals surface area (Å²) in [5, 5.41) is 0. The number of nitrogens with zero attached hydrogens (tertiary/aromatic N) is 3. The van der Waals surface area contributed by atoms with Crippen molar-refractivity contribution in [1.29, 1.82) is 0 Å². The fraction of sp³-hybridized carbons (Fsp3) is 0.130. The number of rotatable bonds is 5. The first-order valence-corrected chi connectivity index (χ1v) is 17.0. The minimum Gasteiger partial charge on any atom is -0.344 e. The third-order valence-electron chi connectivity index (χ3n) is 10.3. The van der Waals surface area contributed by atoms with Gasteiger partial charge in [-0.1, -0.05) is 103 Å². The highest BCUT2D eigenvalue weighted by atomic mass is 15.1. The summed E-state index contributed by atoms with van der Waals surface area (Å²) in [6.45, 7) is 8.81. The zero-order valence-electron chi connectivity index (χ0n) is 28.7. The first kappa shape index (κ1) is 30.5. The van der Waals surface area contributed by atoms with Gasteiger partial charge in [-0.2, -0.15) is 0 Å². The van der Waals surface area contributed by atoms with E-state index in [-0.39, 0.29) is 0 Å². The lowest BCUT2D eigenvalue weighted by Gasteiger charge is -2.44. The van der Waals surface area contributed by atoms with Crippen molar-refractivity contribution in [2.45, 2.75) is 33.1 Å². The summed E-state index contributed by atoms with van der Waals surface area (Å²) < 4.78 is 0. The van der Waals surface area contributed by atoms with E-state index in [0.717, 1.165) is 45.1 Å². The standard InChI is InChI=1S/C46H39N3/c1-30-14-11-15-31(2)44(30)35-23-25-37-40(28-35)49(5)41-29-36(45-32(3)16-12-17-33(45)4)24-26-38(41)46(37,42-21-9-10-27-47-42)43-22-13-20-39(48-43)34-18-7-6-8-19-34/h6-29H,1-5H3. The van der Waals surface area contributed by atoms with Crippen LogP contribution >= 0.6 is 0 Å². The largest absolute Gasteiger partial charge is 0.344 e. The van der Waals surface area contributed by atoms with Crippen molar-refractivity contribution < 1.29 is 0 Å².